The Balaban J connectivity index is 2.30. The van der Waals surface area contributed by atoms with E-state index in [1.165, 1.54) is 6.20 Å². The lowest BCUT2D eigenvalue weighted by Gasteiger charge is -2.13. The van der Waals surface area contributed by atoms with Gasteiger partial charge in [-0.2, -0.15) is 0 Å². The number of pyridine rings is 1. The second-order valence-electron chi connectivity index (χ2n) is 5.29. The molecule has 0 spiro atoms. The lowest BCUT2D eigenvalue weighted by atomic mass is 9.98. The molecule has 3 aromatic rings. The number of carbonyl (C=O) groups excluding carboxylic acids is 1. The van der Waals surface area contributed by atoms with Gasteiger partial charge in [0, 0.05) is 22.9 Å². The van der Waals surface area contributed by atoms with Crippen molar-refractivity contribution in [1.29, 1.82) is 0 Å². The SMILES string of the molecule is O=Cc1cnc(-c2cc(Cl)c(Cl)c(Cl)c2)c(-c2cc(Cl)c(Cl)c(Cl)c2)c1. The third kappa shape index (κ3) is 3.82. The van der Waals surface area contributed by atoms with Gasteiger partial charge in [0.15, 0.2) is 6.29 Å². The maximum absolute atomic E-state index is 11.2. The van der Waals surface area contributed by atoms with E-state index in [4.69, 9.17) is 69.6 Å². The molecule has 0 aliphatic heterocycles. The highest BCUT2D eigenvalue weighted by atomic mass is 35.5. The Labute approximate surface area is 179 Å². The summed E-state index contributed by atoms with van der Waals surface area (Å²) < 4.78 is 0. The summed E-state index contributed by atoms with van der Waals surface area (Å²) in [4.78, 5) is 15.6. The zero-order chi connectivity index (χ0) is 19.0. The topological polar surface area (TPSA) is 30.0 Å². The summed E-state index contributed by atoms with van der Waals surface area (Å²) in [6.07, 6.45) is 2.14. The summed E-state index contributed by atoms with van der Waals surface area (Å²) in [6.45, 7) is 0. The summed E-state index contributed by atoms with van der Waals surface area (Å²) in [6, 6.07) is 8.23. The molecule has 0 fully saturated rings. The molecule has 0 radical (unpaired) electrons. The molecule has 0 saturated heterocycles. The average molecular weight is 466 g/mol. The van der Waals surface area contributed by atoms with Crippen LogP contribution < -0.4 is 0 Å². The van der Waals surface area contributed by atoms with Crippen LogP contribution in [-0.2, 0) is 0 Å². The molecule has 0 amide bonds. The molecule has 8 heteroatoms. The van der Waals surface area contributed by atoms with Crippen LogP contribution in [0.25, 0.3) is 22.4 Å². The summed E-state index contributed by atoms with van der Waals surface area (Å²) in [5, 5.41) is 1.63. The molecule has 132 valence electrons. The largest absolute Gasteiger partial charge is 0.298 e. The molecule has 1 heterocycles. The van der Waals surface area contributed by atoms with Crippen LogP contribution in [0.15, 0.2) is 36.5 Å². The van der Waals surface area contributed by atoms with Crippen molar-refractivity contribution in [2.75, 3.05) is 0 Å². The van der Waals surface area contributed by atoms with E-state index in [2.05, 4.69) is 4.98 Å². The third-order valence-corrected chi connectivity index (χ3v) is 5.99. The van der Waals surface area contributed by atoms with E-state index in [0.29, 0.717) is 34.2 Å². The van der Waals surface area contributed by atoms with E-state index in [1.54, 1.807) is 30.3 Å². The Hall–Kier alpha value is -1.000. The first-order chi connectivity index (χ1) is 12.3. The van der Waals surface area contributed by atoms with Gasteiger partial charge in [-0.15, -0.1) is 0 Å². The minimum Gasteiger partial charge on any atom is -0.298 e. The predicted molar refractivity (Wildman–Crippen MR) is 111 cm³/mol. The molecule has 0 aliphatic rings. The molecule has 2 nitrogen and oxygen atoms in total. The second-order valence-corrected chi connectivity index (χ2v) is 7.68. The van der Waals surface area contributed by atoms with Crippen LogP contribution in [0.2, 0.25) is 30.1 Å². The summed E-state index contributed by atoms with van der Waals surface area (Å²) in [5.41, 5.74) is 2.80. The molecular weight excluding hydrogens is 459 g/mol. The number of rotatable bonds is 3. The van der Waals surface area contributed by atoms with Gasteiger partial charge in [-0.3, -0.25) is 9.78 Å². The first-order valence-electron chi connectivity index (χ1n) is 7.07. The van der Waals surface area contributed by atoms with E-state index in [-0.39, 0.29) is 30.1 Å². The fraction of sp³-hybridized carbons (Fsp3) is 0. The number of aromatic nitrogens is 1. The van der Waals surface area contributed by atoms with Crippen molar-refractivity contribution in [2.24, 2.45) is 0 Å². The number of hydrogen-bond donors (Lipinski definition) is 0. The van der Waals surface area contributed by atoms with Crippen LogP contribution in [0.4, 0.5) is 0 Å². The van der Waals surface area contributed by atoms with Crippen molar-refractivity contribution >= 4 is 75.9 Å². The maximum Gasteiger partial charge on any atom is 0.151 e. The third-order valence-electron chi connectivity index (χ3n) is 3.60. The number of carbonyl (C=O) groups is 1. The minimum atomic E-state index is 0.246. The van der Waals surface area contributed by atoms with E-state index in [1.807, 2.05) is 0 Å². The van der Waals surface area contributed by atoms with E-state index < -0.39 is 0 Å². The normalized spacial score (nSPS) is 10.8. The molecule has 1 aromatic heterocycles. The van der Waals surface area contributed by atoms with Crippen LogP contribution in [-0.4, -0.2) is 11.3 Å². The van der Waals surface area contributed by atoms with Gasteiger partial charge in [-0.25, -0.2) is 0 Å². The molecule has 3 rings (SSSR count). The van der Waals surface area contributed by atoms with Gasteiger partial charge in [0.2, 0.25) is 0 Å². The maximum atomic E-state index is 11.2. The predicted octanol–water partition coefficient (Wildman–Crippen LogP) is 8.15. The summed E-state index contributed by atoms with van der Waals surface area (Å²) >= 11 is 36.6. The van der Waals surface area contributed by atoms with Crippen molar-refractivity contribution in [2.45, 2.75) is 0 Å². The van der Waals surface area contributed by atoms with Crippen molar-refractivity contribution in [3.05, 3.63) is 72.2 Å². The van der Waals surface area contributed by atoms with Gasteiger partial charge in [0.05, 0.1) is 35.8 Å². The minimum absolute atomic E-state index is 0.246. The molecule has 0 unspecified atom stereocenters. The van der Waals surface area contributed by atoms with Gasteiger partial charge in [0.1, 0.15) is 0 Å². The number of aldehydes is 1. The van der Waals surface area contributed by atoms with Crippen LogP contribution in [0.5, 0.6) is 0 Å². The number of nitrogens with zero attached hydrogens (tertiary/aromatic N) is 1. The highest BCUT2D eigenvalue weighted by molar-refractivity contribution is 6.49. The van der Waals surface area contributed by atoms with Gasteiger partial charge in [-0.05, 0) is 35.9 Å². The Morgan fingerprint density at radius 3 is 1.62 bits per heavy atom. The van der Waals surface area contributed by atoms with Crippen LogP contribution in [0, 0.1) is 0 Å². The standard InChI is InChI=1S/C18H7Cl6NO/c19-12-2-9(3-13(20)16(12)23)11-1-8(7-26)6-25-18(11)10-4-14(21)17(24)15(22)5-10/h1-7H. The summed E-state index contributed by atoms with van der Waals surface area (Å²) in [7, 11) is 0. The number of benzene rings is 2. The monoisotopic (exact) mass is 463 g/mol. The van der Waals surface area contributed by atoms with Crippen molar-refractivity contribution < 1.29 is 4.79 Å². The first-order valence-corrected chi connectivity index (χ1v) is 9.33. The molecule has 2 aromatic carbocycles. The average Bonchev–Trinajstić information content (AvgIpc) is 2.62. The van der Waals surface area contributed by atoms with Crippen LogP contribution in [0.1, 0.15) is 10.4 Å². The van der Waals surface area contributed by atoms with Gasteiger partial charge < -0.3 is 0 Å². The molecule has 0 saturated carbocycles. The van der Waals surface area contributed by atoms with E-state index in [9.17, 15) is 4.79 Å². The molecule has 0 atom stereocenters. The highest BCUT2D eigenvalue weighted by Crippen LogP contribution is 2.40. The molecule has 0 N–H and O–H groups in total. The van der Waals surface area contributed by atoms with Crippen molar-refractivity contribution in [1.82, 2.24) is 4.98 Å². The van der Waals surface area contributed by atoms with Crippen LogP contribution >= 0.6 is 69.6 Å². The summed E-state index contributed by atoms with van der Waals surface area (Å²) in [5.74, 6) is 0. The van der Waals surface area contributed by atoms with Crippen LogP contribution in [0.3, 0.4) is 0 Å². The molecule has 26 heavy (non-hydrogen) atoms. The van der Waals surface area contributed by atoms with E-state index in [0.717, 1.165) is 0 Å². The number of hydrogen-bond acceptors (Lipinski definition) is 2. The van der Waals surface area contributed by atoms with Gasteiger partial charge in [0.25, 0.3) is 0 Å². The zero-order valence-electron chi connectivity index (χ0n) is 12.7. The fourth-order valence-corrected chi connectivity index (χ4v) is 3.59. The Kier molecular flexibility index (Phi) is 6.03. The van der Waals surface area contributed by atoms with Gasteiger partial charge in [-0.1, -0.05) is 69.6 Å². The Bertz CT molecular complexity index is 988. The number of halogens is 6. The zero-order valence-corrected chi connectivity index (χ0v) is 17.2. The molecular formula is C18H7Cl6NO. The second kappa shape index (κ2) is 7.93. The lowest BCUT2D eigenvalue weighted by Crippen LogP contribution is -1.94. The fourth-order valence-electron chi connectivity index (χ4n) is 2.40. The first kappa shape index (κ1) is 19.8. The molecule has 0 aliphatic carbocycles. The Morgan fingerprint density at radius 2 is 1.15 bits per heavy atom. The van der Waals surface area contributed by atoms with Crippen molar-refractivity contribution in [3.8, 4) is 22.4 Å². The highest BCUT2D eigenvalue weighted by Gasteiger charge is 2.16. The smallest absolute Gasteiger partial charge is 0.151 e. The molecule has 0 bridgehead atoms. The lowest BCUT2D eigenvalue weighted by molar-refractivity contribution is 0.112. The quantitative estimate of drug-likeness (QED) is 0.288. The van der Waals surface area contributed by atoms with E-state index >= 15 is 0 Å². The Morgan fingerprint density at radius 1 is 0.692 bits per heavy atom. The van der Waals surface area contributed by atoms with Gasteiger partial charge >= 0.3 is 0 Å². The van der Waals surface area contributed by atoms with Crippen molar-refractivity contribution in [3.63, 3.8) is 0 Å².